The summed E-state index contributed by atoms with van der Waals surface area (Å²) in [5, 5.41) is 5.47. The second-order valence-corrected chi connectivity index (χ2v) is 3.67. The number of benzene rings is 1. The van der Waals surface area contributed by atoms with E-state index in [1.165, 1.54) is 12.4 Å². The maximum Gasteiger partial charge on any atom is 0.196 e. The Balaban J connectivity index is 2.26. The van der Waals surface area contributed by atoms with Crippen LogP contribution in [0, 0.1) is 17.5 Å². The maximum absolute atomic E-state index is 13.5. The zero-order valence-electron chi connectivity index (χ0n) is 10.0. The number of halogens is 3. The van der Waals surface area contributed by atoms with Crippen LogP contribution in [0.1, 0.15) is 6.92 Å². The average Bonchev–Trinajstić information content (AvgIpc) is 2.40. The van der Waals surface area contributed by atoms with E-state index in [2.05, 4.69) is 20.6 Å². The fourth-order valence-electron chi connectivity index (χ4n) is 1.45. The van der Waals surface area contributed by atoms with E-state index in [4.69, 9.17) is 0 Å². The molecule has 0 fully saturated rings. The van der Waals surface area contributed by atoms with Crippen LogP contribution in [-0.4, -0.2) is 16.5 Å². The number of rotatable bonds is 4. The summed E-state index contributed by atoms with van der Waals surface area (Å²) in [6.45, 7) is 2.54. The van der Waals surface area contributed by atoms with E-state index in [1.54, 1.807) is 0 Å². The molecule has 0 aliphatic rings. The third-order valence-corrected chi connectivity index (χ3v) is 2.29. The van der Waals surface area contributed by atoms with Crippen molar-refractivity contribution in [2.75, 3.05) is 17.2 Å². The summed E-state index contributed by atoms with van der Waals surface area (Å²) in [7, 11) is 0. The third-order valence-electron chi connectivity index (χ3n) is 2.29. The van der Waals surface area contributed by atoms with E-state index >= 15 is 0 Å². The lowest BCUT2D eigenvalue weighted by Crippen LogP contribution is -2.04. The topological polar surface area (TPSA) is 49.8 Å². The van der Waals surface area contributed by atoms with E-state index in [9.17, 15) is 13.2 Å². The highest BCUT2D eigenvalue weighted by Crippen LogP contribution is 2.22. The van der Waals surface area contributed by atoms with Gasteiger partial charge in [0.2, 0.25) is 0 Å². The highest BCUT2D eigenvalue weighted by molar-refractivity contribution is 5.57. The van der Waals surface area contributed by atoms with Gasteiger partial charge in [0.05, 0.1) is 18.1 Å². The molecule has 2 rings (SSSR count). The van der Waals surface area contributed by atoms with Gasteiger partial charge in [-0.25, -0.2) is 18.2 Å². The number of nitrogens with one attached hydrogen (secondary N) is 2. The number of aromatic nitrogens is 2. The maximum atomic E-state index is 13.5. The normalized spacial score (nSPS) is 10.3. The Morgan fingerprint density at radius 2 is 1.79 bits per heavy atom. The Hall–Kier alpha value is -2.31. The summed E-state index contributed by atoms with van der Waals surface area (Å²) in [6, 6.07) is 1.93. The molecule has 100 valence electrons. The smallest absolute Gasteiger partial charge is 0.196 e. The lowest BCUT2D eigenvalue weighted by Gasteiger charge is -2.09. The Bertz CT molecular complexity index is 589. The molecule has 0 saturated carbocycles. The van der Waals surface area contributed by atoms with Gasteiger partial charge < -0.3 is 10.6 Å². The minimum Gasteiger partial charge on any atom is -0.369 e. The fraction of sp³-hybridized carbons (Fsp3) is 0.167. The zero-order valence-corrected chi connectivity index (χ0v) is 10.0. The second-order valence-electron chi connectivity index (χ2n) is 3.67. The number of nitrogens with zero attached hydrogens (tertiary/aromatic N) is 2. The Morgan fingerprint density at radius 1 is 1.05 bits per heavy atom. The molecule has 0 bridgehead atoms. The SMILES string of the molecule is CCNc1cncc(Nc2ccc(F)c(F)c2F)n1. The molecule has 1 heterocycles. The summed E-state index contributed by atoms with van der Waals surface area (Å²) in [6.07, 6.45) is 2.85. The molecule has 0 radical (unpaired) electrons. The first kappa shape index (κ1) is 13.1. The standard InChI is InChI=1S/C12H11F3N4/c1-2-17-9-5-16-6-10(19-9)18-8-4-3-7(13)11(14)12(8)15/h3-6H,2H2,1H3,(H2,17,18,19). The molecular weight excluding hydrogens is 257 g/mol. The predicted molar refractivity (Wildman–Crippen MR) is 65.8 cm³/mol. The van der Waals surface area contributed by atoms with Crippen molar-refractivity contribution >= 4 is 17.3 Å². The molecule has 19 heavy (non-hydrogen) atoms. The van der Waals surface area contributed by atoms with Gasteiger partial charge in [-0.1, -0.05) is 0 Å². The van der Waals surface area contributed by atoms with Crippen LogP contribution in [0.4, 0.5) is 30.5 Å². The minimum absolute atomic E-state index is 0.207. The van der Waals surface area contributed by atoms with E-state index in [-0.39, 0.29) is 11.5 Å². The first-order chi connectivity index (χ1) is 9.11. The molecule has 0 spiro atoms. The molecule has 0 amide bonds. The van der Waals surface area contributed by atoms with E-state index < -0.39 is 17.5 Å². The van der Waals surface area contributed by atoms with Gasteiger partial charge in [0.1, 0.15) is 5.82 Å². The molecule has 2 aromatic rings. The predicted octanol–water partition coefficient (Wildman–Crippen LogP) is 3.07. The van der Waals surface area contributed by atoms with Gasteiger partial charge in [0.15, 0.2) is 23.3 Å². The quantitative estimate of drug-likeness (QED) is 0.837. The van der Waals surface area contributed by atoms with Crippen molar-refractivity contribution in [2.24, 2.45) is 0 Å². The van der Waals surface area contributed by atoms with Crippen LogP contribution in [0.2, 0.25) is 0 Å². The van der Waals surface area contributed by atoms with Gasteiger partial charge in [0.25, 0.3) is 0 Å². The van der Waals surface area contributed by atoms with Crippen molar-refractivity contribution in [3.8, 4) is 0 Å². The van der Waals surface area contributed by atoms with Crippen molar-refractivity contribution in [1.82, 2.24) is 9.97 Å². The lowest BCUT2D eigenvalue weighted by molar-refractivity contribution is 0.449. The zero-order chi connectivity index (χ0) is 13.8. The van der Waals surface area contributed by atoms with Gasteiger partial charge in [0, 0.05) is 6.54 Å². The highest BCUT2D eigenvalue weighted by atomic mass is 19.2. The van der Waals surface area contributed by atoms with Crippen molar-refractivity contribution in [3.63, 3.8) is 0 Å². The molecule has 0 saturated heterocycles. The minimum atomic E-state index is -1.53. The molecule has 1 aromatic heterocycles. The number of hydrogen-bond acceptors (Lipinski definition) is 4. The van der Waals surface area contributed by atoms with Crippen LogP contribution in [0.25, 0.3) is 0 Å². The molecule has 2 N–H and O–H groups in total. The van der Waals surface area contributed by atoms with Crippen LogP contribution in [-0.2, 0) is 0 Å². The van der Waals surface area contributed by atoms with E-state index in [0.717, 1.165) is 12.1 Å². The van der Waals surface area contributed by atoms with E-state index in [0.29, 0.717) is 12.4 Å². The van der Waals surface area contributed by atoms with Crippen molar-refractivity contribution in [2.45, 2.75) is 6.92 Å². The van der Waals surface area contributed by atoms with Crippen LogP contribution in [0.3, 0.4) is 0 Å². The van der Waals surface area contributed by atoms with Gasteiger partial charge in [-0.05, 0) is 19.1 Å². The number of hydrogen-bond donors (Lipinski definition) is 2. The summed E-state index contributed by atoms with van der Waals surface area (Å²) in [4.78, 5) is 7.97. The molecule has 0 aliphatic heterocycles. The summed E-state index contributed by atoms with van der Waals surface area (Å²) in [5.74, 6) is -3.34. The van der Waals surface area contributed by atoms with Crippen molar-refractivity contribution < 1.29 is 13.2 Å². The van der Waals surface area contributed by atoms with Gasteiger partial charge >= 0.3 is 0 Å². The Kier molecular flexibility index (Phi) is 3.84. The van der Waals surface area contributed by atoms with Gasteiger partial charge in [-0.15, -0.1) is 0 Å². The van der Waals surface area contributed by atoms with Gasteiger partial charge in [-0.3, -0.25) is 4.98 Å². The first-order valence-corrected chi connectivity index (χ1v) is 5.58. The summed E-state index contributed by atoms with van der Waals surface area (Å²) in [5.41, 5.74) is -0.207. The van der Waals surface area contributed by atoms with Gasteiger partial charge in [-0.2, -0.15) is 0 Å². The summed E-state index contributed by atoms with van der Waals surface area (Å²) >= 11 is 0. The molecule has 0 aliphatic carbocycles. The first-order valence-electron chi connectivity index (χ1n) is 5.58. The van der Waals surface area contributed by atoms with Crippen LogP contribution >= 0.6 is 0 Å². The third kappa shape index (κ3) is 2.93. The van der Waals surface area contributed by atoms with Crippen molar-refractivity contribution in [1.29, 1.82) is 0 Å². The molecule has 1 aromatic carbocycles. The van der Waals surface area contributed by atoms with Crippen LogP contribution < -0.4 is 10.6 Å². The molecule has 7 heteroatoms. The Labute approximate surface area is 107 Å². The van der Waals surface area contributed by atoms with Crippen molar-refractivity contribution in [3.05, 3.63) is 42.0 Å². The number of anilines is 3. The van der Waals surface area contributed by atoms with Crippen LogP contribution in [0.5, 0.6) is 0 Å². The highest BCUT2D eigenvalue weighted by Gasteiger charge is 2.13. The van der Waals surface area contributed by atoms with E-state index in [1.807, 2.05) is 6.92 Å². The fourth-order valence-corrected chi connectivity index (χ4v) is 1.45. The molecular formula is C12H11F3N4. The molecule has 0 atom stereocenters. The summed E-state index contributed by atoms with van der Waals surface area (Å²) < 4.78 is 39.3. The second kappa shape index (κ2) is 5.55. The Morgan fingerprint density at radius 3 is 2.53 bits per heavy atom. The molecule has 4 nitrogen and oxygen atoms in total. The average molecular weight is 268 g/mol. The van der Waals surface area contributed by atoms with Crippen LogP contribution in [0.15, 0.2) is 24.5 Å². The largest absolute Gasteiger partial charge is 0.369 e. The monoisotopic (exact) mass is 268 g/mol. The molecule has 0 unspecified atom stereocenters. The lowest BCUT2D eigenvalue weighted by atomic mass is 10.3.